The lowest BCUT2D eigenvalue weighted by atomic mass is 9.90. The van der Waals surface area contributed by atoms with Crippen molar-refractivity contribution in [3.63, 3.8) is 0 Å². The molecule has 0 saturated heterocycles. The fourth-order valence-electron chi connectivity index (χ4n) is 2.59. The molecule has 1 aliphatic heterocycles. The minimum atomic E-state index is -1.17. The summed E-state index contributed by atoms with van der Waals surface area (Å²) in [6.07, 6.45) is 1.86. The van der Waals surface area contributed by atoms with E-state index in [9.17, 15) is 4.79 Å². The predicted octanol–water partition coefficient (Wildman–Crippen LogP) is 2.99. The number of nitrogens with zero attached hydrogens (tertiary/aromatic N) is 1. The average molecular weight is 328 g/mol. The van der Waals surface area contributed by atoms with E-state index in [4.69, 9.17) is 21.3 Å². The molecule has 3 nitrogen and oxygen atoms in total. The van der Waals surface area contributed by atoms with E-state index in [0.717, 1.165) is 16.1 Å². The Morgan fingerprint density at radius 2 is 1.74 bits per heavy atom. The monoisotopic (exact) mass is 327 g/mol. The molecule has 0 bridgehead atoms. The zero-order valence-corrected chi connectivity index (χ0v) is 14.1. The third kappa shape index (κ3) is 3.02. The number of esters is 1. The Kier molecular flexibility index (Phi) is 3.77. The maximum absolute atomic E-state index is 13.0. The normalized spacial score (nSPS) is 19.5. The molecule has 2 aromatic carbocycles. The molecule has 0 radical (unpaired) electrons. The first kappa shape index (κ1) is 15.8. The Labute approximate surface area is 140 Å². The number of para-hydroxylation sites is 1. The molecule has 1 unspecified atom stereocenters. The first-order valence-electron chi connectivity index (χ1n) is 7.47. The lowest BCUT2D eigenvalue weighted by molar-refractivity contribution is -0.159. The number of ether oxygens (including phenoxy) is 1. The van der Waals surface area contributed by atoms with E-state index in [1.807, 2.05) is 63.2 Å². The SMILES string of the molecule is CC(C)(C)OC(=O)C1(c2ccc(Cl)cc2)C=c2ccccc2=N1. The summed E-state index contributed by atoms with van der Waals surface area (Å²) in [5, 5.41) is 2.32. The number of rotatable bonds is 2. The summed E-state index contributed by atoms with van der Waals surface area (Å²) in [4.78, 5) is 17.7. The molecule has 2 aromatic rings. The van der Waals surface area contributed by atoms with E-state index >= 15 is 0 Å². The van der Waals surface area contributed by atoms with Crippen LogP contribution >= 0.6 is 11.6 Å². The highest BCUT2D eigenvalue weighted by Crippen LogP contribution is 2.33. The van der Waals surface area contributed by atoms with Crippen molar-refractivity contribution in [1.82, 2.24) is 0 Å². The summed E-state index contributed by atoms with van der Waals surface area (Å²) < 4.78 is 5.64. The van der Waals surface area contributed by atoms with E-state index in [-0.39, 0.29) is 5.97 Å². The standard InChI is InChI=1S/C19H18ClNO2/c1-18(2,3)23-17(22)19(14-8-10-15(20)11-9-14)12-13-6-4-5-7-16(13)21-19/h4-12H,1-3H3. The van der Waals surface area contributed by atoms with Gasteiger partial charge >= 0.3 is 5.97 Å². The van der Waals surface area contributed by atoms with Crippen LogP contribution in [0.2, 0.25) is 5.02 Å². The van der Waals surface area contributed by atoms with Gasteiger partial charge in [0.2, 0.25) is 5.54 Å². The molecule has 0 fully saturated rings. The fraction of sp³-hybridized carbons (Fsp3) is 0.263. The van der Waals surface area contributed by atoms with E-state index < -0.39 is 11.1 Å². The summed E-state index contributed by atoms with van der Waals surface area (Å²) in [5.74, 6) is -0.386. The summed E-state index contributed by atoms with van der Waals surface area (Å²) in [6, 6.07) is 14.8. The third-order valence-corrected chi connectivity index (χ3v) is 3.84. The van der Waals surface area contributed by atoms with Crippen molar-refractivity contribution in [2.24, 2.45) is 4.99 Å². The number of benzene rings is 2. The summed E-state index contributed by atoms with van der Waals surface area (Å²) >= 11 is 5.98. The van der Waals surface area contributed by atoms with Crippen molar-refractivity contribution >= 4 is 23.6 Å². The van der Waals surface area contributed by atoms with Gasteiger partial charge in [0.05, 0.1) is 5.36 Å². The molecule has 0 N–H and O–H groups in total. The van der Waals surface area contributed by atoms with Gasteiger partial charge in [-0.3, -0.25) is 4.99 Å². The van der Waals surface area contributed by atoms with Gasteiger partial charge in [-0.15, -0.1) is 0 Å². The minimum Gasteiger partial charge on any atom is -0.458 e. The number of carbonyl (C=O) groups is 1. The topological polar surface area (TPSA) is 38.7 Å². The van der Waals surface area contributed by atoms with Crippen molar-refractivity contribution < 1.29 is 9.53 Å². The van der Waals surface area contributed by atoms with Crippen molar-refractivity contribution in [1.29, 1.82) is 0 Å². The Hall–Kier alpha value is -2.13. The number of fused-ring (bicyclic) bond motifs is 1. The molecule has 0 spiro atoms. The number of carbonyl (C=O) groups excluding carboxylic acids is 1. The summed E-state index contributed by atoms with van der Waals surface area (Å²) in [5.41, 5.74) is -1.01. The van der Waals surface area contributed by atoms with Crippen molar-refractivity contribution in [2.75, 3.05) is 0 Å². The second kappa shape index (κ2) is 5.50. The lowest BCUT2D eigenvalue weighted by Crippen LogP contribution is -2.38. The van der Waals surface area contributed by atoms with Crippen LogP contribution in [0.15, 0.2) is 53.5 Å². The molecular weight excluding hydrogens is 310 g/mol. The quantitative estimate of drug-likeness (QED) is 0.795. The van der Waals surface area contributed by atoms with Gasteiger partial charge in [-0.05, 0) is 55.8 Å². The van der Waals surface area contributed by atoms with Crippen LogP contribution in [-0.4, -0.2) is 11.6 Å². The summed E-state index contributed by atoms with van der Waals surface area (Å²) in [7, 11) is 0. The number of hydrogen-bond donors (Lipinski definition) is 0. The number of halogens is 1. The van der Waals surface area contributed by atoms with Crippen LogP contribution in [0.3, 0.4) is 0 Å². The van der Waals surface area contributed by atoms with Crippen LogP contribution < -0.4 is 10.6 Å². The molecule has 0 saturated carbocycles. The van der Waals surface area contributed by atoms with Gasteiger partial charge in [0.1, 0.15) is 5.60 Å². The Bertz CT molecular complexity index is 828. The van der Waals surface area contributed by atoms with E-state index in [0.29, 0.717) is 5.02 Å². The first-order chi connectivity index (χ1) is 10.8. The Morgan fingerprint density at radius 1 is 1.09 bits per heavy atom. The van der Waals surface area contributed by atoms with Crippen LogP contribution in [0.4, 0.5) is 0 Å². The van der Waals surface area contributed by atoms with Gasteiger partial charge in [-0.2, -0.15) is 0 Å². The zero-order valence-electron chi connectivity index (χ0n) is 13.3. The molecule has 23 heavy (non-hydrogen) atoms. The highest BCUT2D eigenvalue weighted by molar-refractivity contribution is 6.30. The zero-order chi connectivity index (χ0) is 16.7. The highest BCUT2D eigenvalue weighted by Gasteiger charge is 2.43. The fourth-order valence-corrected chi connectivity index (χ4v) is 2.71. The average Bonchev–Trinajstić information content (AvgIpc) is 2.87. The van der Waals surface area contributed by atoms with Gasteiger partial charge in [0.25, 0.3) is 0 Å². The maximum atomic E-state index is 13.0. The van der Waals surface area contributed by atoms with Crippen LogP contribution in [-0.2, 0) is 15.1 Å². The molecule has 1 heterocycles. The molecule has 118 valence electrons. The first-order valence-corrected chi connectivity index (χ1v) is 7.85. The molecule has 4 heteroatoms. The van der Waals surface area contributed by atoms with E-state index in [1.165, 1.54) is 0 Å². The second-order valence-electron chi connectivity index (χ2n) is 6.59. The van der Waals surface area contributed by atoms with Crippen molar-refractivity contribution in [3.8, 4) is 0 Å². The lowest BCUT2D eigenvalue weighted by Gasteiger charge is -2.28. The molecule has 0 aromatic heterocycles. The van der Waals surface area contributed by atoms with E-state index in [1.54, 1.807) is 12.1 Å². The van der Waals surface area contributed by atoms with Crippen molar-refractivity contribution in [3.05, 3.63) is 69.7 Å². The molecule has 1 atom stereocenters. The van der Waals surface area contributed by atoms with Crippen LogP contribution in [0.1, 0.15) is 26.3 Å². The maximum Gasteiger partial charge on any atom is 0.343 e. The predicted molar refractivity (Wildman–Crippen MR) is 90.7 cm³/mol. The largest absolute Gasteiger partial charge is 0.458 e. The van der Waals surface area contributed by atoms with Crippen molar-refractivity contribution in [2.45, 2.75) is 31.9 Å². The number of hydrogen-bond acceptors (Lipinski definition) is 3. The van der Waals surface area contributed by atoms with Crippen LogP contribution in [0, 0.1) is 0 Å². The van der Waals surface area contributed by atoms with Gasteiger partial charge < -0.3 is 4.74 Å². The Balaban J connectivity index is 2.18. The highest BCUT2D eigenvalue weighted by atomic mass is 35.5. The van der Waals surface area contributed by atoms with Crippen LogP contribution in [0.5, 0.6) is 0 Å². The molecule has 3 rings (SSSR count). The van der Waals surface area contributed by atoms with E-state index in [2.05, 4.69) is 0 Å². The minimum absolute atomic E-state index is 0.386. The van der Waals surface area contributed by atoms with Gasteiger partial charge in [-0.1, -0.05) is 41.9 Å². The van der Waals surface area contributed by atoms with Gasteiger partial charge in [0, 0.05) is 5.02 Å². The van der Waals surface area contributed by atoms with Gasteiger partial charge in [-0.25, -0.2) is 4.79 Å². The molecular formula is C19H18ClNO2. The molecule has 0 amide bonds. The van der Waals surface area contributed by atoms with Gasteiger partial charge in [0.15, 0.2) is 0 Å². The molecule has 1 aliphatic rings. The van der Waals surface area contributed by atoms with Crippen LogP contribution in [0.25, 0.3) is 6.08 Å². The third-order valence-electron chi connectivity index (χ3n) is 3.59. The Morgan fingerprint density at radius 3 is 2.35 bits per heavy atom. The summed E-state index contributed by atoms with van der Waals surface area (Å²) in [6.45, 7) is 5.55. The second-order valence-corrected chi connectivity index (χ2v) is 7.03. The molecule has 0 aliphatic carbocycles. The smallest absolute Gasteiger partial charge is 0.343 e.